The Bertz CT molecular complexity index is 582. The zero-order valence-electron chi connectivity index (χ0n) is 9.63. The van der Waals surface area contributed by atoms with Gasteiger partial charge in [-0.15, -0.1) is 0 Å². The molecule has 6 nitrogen and oxygen atoms in total. The van der Waals surface area contributed by atoms with Crippen molar-refractivity contribution in [2.24, 2.45) is 7.05 Å². The number of nitro benzene ring substituents is 1. The van der Waals surface area contributed by atoms with Crippen LogP contribution in [0, 0.1) is 10.1 Å². The number of anilines is 1. The number of aromatic nitrogens is 2. The third-order valence-electron chi connectivity index (χ3n) is 2.38. The van der Waals surface area contributed by atoms with Crippen LogP contribution in [0.4, 0.5) is 11.4 Å². The fraction of sp³-hybridized carbons (Fsp3) is 0.182. The van der Waals surface area contributed by atoms with Gasteiger partial charge in [0.25, 0.3) is 5.69 Å². The molecule has 0 amide bonds. The molecule has 1 heterocycles. The number of benzene rings is 1. The summed E-state index contributed by atoms with van der Waals surface area (Å²) in [5.74, 6) is 0. The molecule has 1 aromatic heterocycles. The van der Waals surface area contributed by atoms with Crippen molar-refractivity contribution in [3.63, 3.8) is 0 Å². The monoisotopic (exact) mass is 310 g/mol. The van der Waals surface area contributed by atoms with Crippen molar-refractivity contribution >= 4 is 27.3 Å². The number of halogens is 1. The average Bonchev–Trinajstić information content (AvgIpc) is 2.72. The van der Waals surface area contributed by atoms with Gasteiger partial charge in [-0.05, 0) is 18.2 Å². The van der Waals surface area contributed by atoms with Gasteiger partial charge in [-0.3, -0.25) is 14.8 Å². The van der Waals surface area contributed by atoms with Crippen molar-refractivity contribution in [1.82, 2.24) is 9.78 Å². The molecule has 1 N–H and O–H groups in total. The van der Waals surface area contributed by atoms with E-state index >= 15 is 0 Å². The van der Waals surface area contributed by atoms with Gasteiger partial charge in [-0.25, -0.2) is 0 Å². The fourth-order valence-electron chi connectivity index (χ4n) is 1.55. The van der Waals surface area contributed by atoms with Crippen LogP contribution in [-0.4, -0.2) is 14.7 Å². The van der Waals surface area contributed by atoms with E-state index in [1.165, 1.54) is 6.07 Å². The first-order valence-electron chi connectivity index (χ1n) is 5.22. The van der Waals surface area contributed by atoms with Gasteiger partial charge < -0.3 is 5.32 Å². The first-order chi connectivity index (χ1) is 8.56. The second kappa shape index (κ2) is 5.18. The molecule has 18 heavy (non-hydrogen) atoms. The van der Waals surface area contributed by atoms with Gasteiger partial charge in [0.05, 0.1) is 17.2 Å². The van der Waals surface area contributed by atoms with E-state index in [0.717, 1.165) is 10.2 Å². The van der Waals surface area contributed by atoms with E-state index in [0.29, 0.717) is 12.2 Å². The van der Waals surface area contributed by atoms with Crippen LogP contribution in [-0.2, 0) is 13.6 Å². The third kappa shape index (κ3) is 2.86. The molecular weight excluding hydrogens is 300 g/mol. The molecule has 0 radical (unpaired) electrons. The Balaban J connectivity index is 2.17. The van der Waals surface area contributed by atoms with E-state index in [9.17, 15) is 10.1 Å². The van der Waals surface area contributed by atoms with E-state index in [-0.39, 0.29) is 5.69 Å². The predicted octanol–water partition coefficient (Wildman–Crippen LogP) is 2.70. The smallest absolute Gasteiger partial charge is 0.292 e. The van der Waals surface area contributed by atoms with Crippen molar-refractivity contribution in [2.45, 2.75) is 6.54 Å². The molecular formula is C11H11BrN4O2. The molecule has 0 aliphatic carbocycles. The highest BCUT2D eigenvalue weighted by molar-refractivity contribution is 9.10. The molecule has 0 saturated carbocycles. The molecule has 7 heteroatoms. The molecule has 0 bridgehead atoms. The molecule has 94 valence electrons. The molecule has 0 aliphatic heterocycles. The van der Waals surface area contributed by atoms with E-state index in [2.05, 4.69) is 26.3 Å². The van der Waals surface area contributed by atoms with Gasteiger partial charge in [0.15, 0.2) is 0 Å². The Morgan fingerprint density at radius 2 is 2.28 bits per heavy atom. The number of hydrogen-bond acceptors (Lipinski definition) is 4. The average molecular weight is 311 g/mol. The second-order valence-electron chi connectivity index (χ2n) is 3.75. The fourth-order valence-corrected chi connectivity index (χ4v) is 1.91. The van der Waals surface area contributed by atoms with Crippen LogP contribution in [0.5, 0.6) is 0 Å². The number of rotatable bonds is 4. The molecule has 2 rings (SSSR count). The summed E-state index contributed by atoms with van der Waals surface area (Å²) in [6.45, 7) is 0.443. The summed E-state index contributed by atoms with van der Waals surface area (Å²) in [7, 11) is 1.82. The minimum atomic E-state index is -0.410. The van der Waals surface area contributed by atoms with Gasteiger partial charge in [0.1, 0.15) is 5.69 Å². The van der Waals surface area contributed by atoms with E-state index in [1.54, 1.807) is 16.8 Å². The van der Waals surface area contributed by atoms with Gasteiger partial charge >= 0.3 is 0 Å². The highest BCUT2D eigenvalue weighted by Crippen LogP contribution is 2.28. The highest BCUT2D eigenvalue weighted by Gasteiger charge is 2.13. The molecule has 0 saturated heterocycles. The summed E-state index contributed by atoms with van der Waals surface area (Å²) in [6, 6.07) is 6.65. The molecule has 2 aromatic rings. The summed E-state index contributed by atoms with van der Waals surface area (Å²) in [6.07, 6.45) is 1.83. The lowest BCUT2D eigenvalue weighted by Gasteiger charge is -2.05. The lowest BCUT2D eigenvalue weighted by Crippen LogP contribution is -2.03. The maximum atomic E-state index is 10.9. The third-order valence-corrected chi connectivity index (χ3v) is 2.88. The topological polar surface area (TPSA) is 73.0 Å². The molecule has 0 spiro atoms. The first kappa shape index (κ1) is 12.6. The van der Waals surface area contributed by atoms with Gasteiger partial charge in [0, 0.05) is 23.8 Å². The minimum Gasteiger partial charge on any atom is -0.374 e. The molecule has 1 aromatic carbocycles. The molecule has 0 fully saturated rings. The summed E-state index contributed by atoms with van der Waals surface area (Å²) in [4.78, 5) is 10.5. The predicted molar refractivity (Wildman–Crippen MR) is 71.3 cm³/mol. The largest absolute Gasteiger partial charge is 0.374 e. The van der Waals surface area contributed by atoms with E-state index < -0.39 is 4.92 Å². The van der Waals surface area contributed by atoms with Crippen molar-refractivity contribution in [3.8, 4) is 0 Å². The standard InChI is InChI=1S/C11H11BrN4O2/c1-15-5-4-9(14-15)7-13-10-6-8(12)2-3-11(10)16(17)18/h2-6,13H,7H2,1H3. The number of aryl methyl sites for hydroxylation is 1. The van der Waals surface area contributed by atoms with E-state index in [1.807, 2.05) is 19.3 Å². The molecule has 0 aliphatic rings. The highest BCUT2D eigenvalue weighted by atomic mass is 79.9. The molecule has 0 unspecified atom stereocenters. The Kier molecular flexibility index (Phi) is 3.61. The van der Waals surface area contributed by atoms with Crippen molar-refractivity contribution < 1.29 is 4.92 Å². The lowest BCUT2D eigenvalue weighted by molar-refractivity contribution is -0.384. The lowest BCUT2D eigenvalue weighted by atomic mass is 10.2. The summed E-state index contributed by atoms with van der Waals surface area (Å²) < 4.78 is 2.48. The normalized spacial score (nSPS) is 10.3. The van der Waals surface area contributed by atoms with Crippen LogP contribution in [0.2, 0.25) is 0 Å². The summed E-state index contributed by atoms with van der Waals surface area (Å²) in [5.41, 5.74) is 1.35. The Morgan fingerprint density at radius 3 is 2.89 bits per heavy atom. The van der Waals surface area contributed by atoms with Crippen molar-refractivity contribution in [3.05, 3.63) is 50.7 Å². The van der Waals surface area contributed by atoms with Crippen LogP contribution in [0.1, 0.15) is 5.69 Å². The SMILES string of the molecule is Cn1ccc(CNc2cc(Br)ccc2[N+](=O)[O-])n1. The van der Waals surface area contributed by atoms with Crippen LogP contribution in [0.3, 0.4) is 0 Å². The second-order valence-corrected chi connectivity index (χ2v) is 4.67. The Morgan fingerprint density at radius 1 is 1.50 bits per heavy atom. The molecule has 0 atom stereocenters. The van der Waals surface area contributed by atoms with Crippen molar-refractivity contribution in [2.75, 3.05) is 5.32 Å². The minimum absolute atomic E-state index is 0.0501. The van der Waals surface area contributed by atoms with E-state index in [4.69, 9.17) is 0 Å². The van der Waals surface area contributed by atoms with Crippen LogP contribution in [0.15, 0.2) is 34.9 Å². The number of hydrogen-bond donors (Lipinski definition) is 1. The summed E-state index contributed by atoms with van der Waals surface area (Å²) >= 11 is 3.29. The zero-order chi connectivity index (χ0) is 13.1. The first-order valence-corrected chi connectivity index (χ1v) is 6.02. The Hall–Kier alpha value is -1.89. The Labute approximate surface area is 112 Å². The van der Waals surface area contributed by atoms with Crippen molar-refractivity contribution in [1.29, 1.82) is 0 Å². The quantitative estimate of drug-likeness (QED) is 0.696. The van der Waals surface area contributed by atoms with Gasteiger partial charge in [-0.1, -0.05) is 15.9 Å². The van der Waals surface area contributed by atoms with Crippen LogP contribution >= 0.6 is 15.9 Å². The maximum Gasteiger partial charge on any atom is 0.292 e. The number of nitrogens with one attached hydrogen (secondary N) is 1. The van der Waals surface area contributed by atoms with Crippen LogP contribution in [0.25, 0.3) is 0 Å². The summed E-state index contributed by atoms with van der Waals surface area (Å²) in [5, 5.41) is 18.1. The van der Waals surface area contributed by atoms with Crippen LogP contribution < -0.4 is 5.32 Å². The maximum absolute atomic E-state index is 10.9. The van der Waals surface area contributed by atoms with Gasteiger partial charge in [0.2, 0.25) is 0 Å². The number of nitro groups is 1. The number of nitrogens with zero attached hydrogens (tertiary/aromatic N) is 3. The van der Waals surface area contributed by atoms with Gasteiger partial charge in [-0.2, -0.15) is 5.10 Å². The zero-order valence-corrected chi connectivity index (χ0v) is 11.2.